The van der Waals surface area contributed by atoms with Crippen LogP contribution in [0.3, 0.4) is 0 Å². The highest BCUT2D eigenvalue weighted by molar-refractivity contribution is 6.32. The van der Waals surface area contributed by atoms with Gasteiger partial charge in [0.1, 0.15) is 5.75 Å². The molecule has 1 aliphatic carbocycles. The van der Waals surface area contributed by atoms with Crippen LogP contribution in [-0.4, -0.2) is 12.6 Å². The molecule has 1 aromatic carbocycles. The van der Waals surface area contributed by atoms with Crippen molar-refractivity contribution in [3.63, 3.8) is 0 Å². The van der Waals surface area contributed by atoms with Gasteiger partial charge in [-0.1, -0.05) is 31.5 Å². The first-order valence-corrected chi connectivity index (χ1v) is 7.71. The van der Waals surface area contributed by atoms with Gasteiger partial charge in [0.05, 0.1) is 11.6 Å². The van der Waals surface area contributed by atoms with Crippen molar-refractivity contribution in [3.05, 3.63) is 28.3 Å². The van der Waals surface area contributed by atoms with Crippen molar-refractivity contribution in [2.75, 3.05) is 6.61 Å². The molecule has 0 heterocycles. The molecule has 114 valence electrons. The van der Waals surface area contributed by atoms with Crippen LogP contribution in [0.2, 0.25) is 5.02 Å². The fourth-order valence-corrected chi connectivity index (χ4v) is 2.46. The molecule has 4 heteroatoms. The van der Waals surface area contributed by atoms with E-state index in [2.05, 4.69) is 19.9 Å². The van der Waals surface area contributed by atoms with Gasteiger partial charge in [0, 0.05) is 6.04 Å². The first kappa shape index (κ1) is 17.6. The minimum atomic E-state index is 0. The number of rotatable bonds is 7. The van der Waals surface area contributed by atoms with E-state index >= 15 is 0 Å². The molecule has 2 rings (SSSR count). The molecule has 1 fully saturated rings. The second kappa shape index (κ2) is 8.11. The SMILES string of the molecule is CCc1cc(Cl)c(OCC2CC2)c(CC(N)CC)c1.Cl. The molecule has 1 aliphatic rings. The highest BCUT2D eigenvalue weighted by Crippen LogP contribution is 2.35. The Hall–Kier alpha value is -0.440. The molecule has 1 unspecified atom stereocenters. The van der Waals surface area contributed by atoms with Crippen molar-refractivity contribution in [2.24, 2.45) is 11.7 Å². The average Bonchev–Trinajstić information content (AvgIpc) is 3.21. The summed E-state index contributed by atoms with van der Waals surface area (Å²) in [5.74, 6) is 1.59. The van der Waals surface area contributed by atoms with Gasteiger partial charge in [-0.25, -0.2) is 0 Å². The number of nitrogens with two attached hydrogens (primary N) is 1. The fourth-order valence-electron chi connectivity index (χ4n) is 2.14. The monoisotopic (exact) mass is 317 g/mol. The summed E-state index contributed by atoms with van der Waals surface area (Å²) >= 11 is 6.38. The van der Waals surface area contributed by atoms with Gasteiger partial charge in [-0.3, -0.25) is 0 Å². The lowest BCUT2D eigenvalue weighted by atomic mass is 10.0. The Labute approximate surface area is 133 Å². The topological polar surface area (TPSA) is 35.2 Å². The zero-order valence-corrected chi connectivity index (χ0v) is 13.9. The van der Waals surface area contributed by atoms with Gasteiger partial charge < -0.3 is 10.5 Å². The average molecular weight is 318 g/mol. The zero-order valence-electron chi connectivity index (χ0n) is 12.3. The van der Waals surface area contributed by atoms with E-state index in [0.29, 0.717) is 0 Å². The third-order valence-electron chi connectivity index (χ3n) is 3.76. The van der Waals surface area contributed by atoms with E-state index in [-0.39, 0.29) is 18.4 Å². The summed E-state index contributed by atoms with van der Waals surface area (Å²) in [4.78, 5) is 0. The second-order valence-corrected chi connectivity index (χ2v) is 5.95. The molecule has 0 radical (unpaired) electrons. The van der Waals surface area contributed by atoms with Crippen molar-refractivity contribution in [2.45, 2.75) is 52.0 Å². The van der Waals surface area contributed by atoms with Crippen molar-refractivity contribution < 1.29 is 4.74 Å². The smallest absolute Gasteiger partial charge is 0.141 e. The summed E-state index contributed by atoms with van der Waals surface area (Å²) in [6, 6.07) is 4.39. The predicted octanol–water partition coefficient (Wildman–Crippen LogP) is 4.39. The third-order valence-corrected chi connectivity index (χ3v) is 4.04. The standard InChI is InChI=1S/C16H24ClNO.ClH/c1-3-11-7-13(9-14(18)4-2)16(15(17)8-11)19-10-12-5-6-12;/h7-8,12,14H,3-6,9-10,18H2,1-2H3;1H. The minimum Gasteiger partial charge on any atom is -0.491 e. The number of aryl methyl sites for hydroxylation is 1. The first-order valence-electron chi connectivity index (χ1n) is 7.33. The molecule has 0 spiro atoms. The molecule has 1 atom stereocenters. The lowest BCUT2D eigenvalue weighted by molar-refractivity contribution is 0.296. The molecule has 2 nitrogen and oxygen atoms in total. The molecule has 0 amide bonds. The van der Waals surface area contributed by atoms with Crippen LogP contribution in [-0.2, 0) is 12.8 Å². The van der Waals surface area contributed by atoms with Crippen molar-refractivity contribution >= 4 is 24.0 Å². The zero-order chi connectivity index (χ0) is 13.8. The number of halogens is 2. The van der Waals surface area contributed by atoms with Crippen molar-refractivity contribution in [1.29, 1.82) is 0 Å². The van der Waals surface area contributed by atoms with Crippen LogP contribution < -0.4 is 10.5 Å². The van der Waals surface area contributed by atoms with Gasteiger partial charge >= 0.3 is 0 Å². The fraction of sp³-hybridized carbons (Fsp3) is 0.625. The van der Waals surface area contributed by atoms with Crippen LogP contribution >= 0.6 is 24.0 Å². The maximum Gasteiger partial charge on any atom is 0.141 e. The Balaban J connectivity index is 0.00000200. The quantitative estimate of drug-likeness (QED) is 0.809. The summed E-state index contributed by atoms with van der Waals surface area (Å²) in [5, 5.41) is 0.735. The number of hydrogen-bond acceptors (Lipinski definition) is 2. The maximum atomic E-state index is 6.38. The molecule has 0 bridgehead atoms. The van der Waals surface area contributed by atoms with Gasteiger partial charge in [-0.15, -0.1) is 12.4 Å². The molecule has 20 heavy (non-hydrogen) atoms. The van der Waals surface area contributed by atoms with E-state index in [1.165, 1.54) is 24.0 Å². The van der Waals surface area contributed by atoms with E-state index in [4.69, 9.17) is 22.1 Å². The second-order valence-electron chi connectivity index (χ2n) is 5.55. The number of benzene rings is 1. The Morgan fingerprint density at radius 3 is 2.60 bits per heavy atom. The molecule has 0 aromatic heterocycles. The van der Waals surface area contributed by atoms with Gasteiger partial charge in [0.2, 0.25) is 0 Å². The van der Waals surface area contributed by atoms with E-state index < -0.39 is 0 Å². The van der Waals surface area contributed by atoms with Crippen LogP contribution in [0.1, 0.15) is 44.2 Å². The van der Waals surface area contributed by atoms with Gasteiger partial charge in [0.15, 0.2) is 0 Å². The normalized spacial score (nSPS) is 15.6. The van der Waals surface area contributed by atoms with Crippen molar-refractivity contribution in [3.8, 4) is 5.75 Å². The van der Waals surface area contributed by atoms with Gasteiger partial charge in [0.25, 0.3) is 0 Å². The summed E-state index contributed by atoms with van der Waals surface area (Å²) in [6.07, 6.45) is 5.36. The Morgan fingerprint density at radius 1 is 1.35 bits per heavy atom. The predicted molar refractivity (Wildman–Crippen MR) is 88.3 cm³/mol. The van der Waals surface area contributed by atoms with Crippen LogP contribution in [0.4, 0.5) is 0 Å². The van der Waals surface area contributed by atoms with Crippen LogP contribution in [0.5, 0.6) is 5.75 Å². The number of hydrogen-bond donors (Lipinski definition) is 1. The first-order chi connectivity index (χ1) is 9.13. The van der Waals surface area contributed by atoms with E-state index in [1.807, 2.05) is 6.07 Å². The Kier molecular flexibility index (Phi) is 7.14. The lowest BCUT2D eigenvalue weighted by Crippen LogP contribution is -2.22. The van der Waals surface area contributed by atoms with E-state index in [1.54, 1.807) is 0 Å². The van der Waals surface area contributed by atoms with E-state index in [9.17, 15) is 0 Å². The largest absolute Gasteiger partial charge is 0.491 e. The Bertz CT molecular complexity index is 433. The summed E-state index contributed by atoms with van der Waals surface area (Å²) in [5.41, 5.74) is 8.50. The molecule has 2 N–H and O–H groups in total. The highest BCUT2D eigenvalue weighted by atomic mass is 35.5. The van der Waals surface area contributed by atoms with Crippen LogP contribution in [0.25, 0.3) is 0 Å². The van der Waals surface area contributed by atoms with Gasteiger partial charge in [-0.05, 0) is 55.2 Å². The number of ether oxygens (including phenoxy) is 1. The molecule has 0 aliphatic heterocycles. The minimum absolute atomic E-state index is 0. The summed E-state index contributed by atoms with van der Waals surface area (Å²) in [7, 11) is 0. The Morgan fingerprint density at radius 2 is 2.05 bits per heavy atom. The van der Waals surface area contributed by atoms with Crippen LogP contribution in [0.15, 0.2) is 12.1 Å². The molecule has 1 aromatic rings. The third kappa shape index (κ3) is 4.83. The van der Waals surface area contributed by atoms with E-state index in [0.717, 1.165) is 42.6 Å². The lowest BCUT2D eigenvalue weighted by Gasteiger charge is -2.17. The van der Waals surface area contributed by atoms with Gasteiger partial charge in [-0.2, -0.15) is 0 Å². The van der Waals surface area contributed by atoms with Crippen LogP contribution in [0, 0.1) is 5.92 Å². The molecule has 1 saturated carbocycles. The van der Waals surface area contributed by atoms with Crippen molar-refractivity contribution in [1.82, 2.24) is 0 Å². The highest BCUT2D eigenvalue weighted by Gasteiger charge is 2.23. The summed E-state index contributed by atoms with van der Waals surface area (Å²) in [6.45, 7) is 5.04. The maximum absolute atomic E-state index is 6.38. The molecular formula is C16H25Cl2NO. The molecular weight excluding hydrogens is 293 g/mol. The summed E-state index contributed by atoms with van der Waals surface area (Å²) < 4.78 is 5.95. The molecule has 0 saturated heterocycles.